The van der Waals surface area contributed by atoms with E-state index in [0.29, 0.717) is 18.6 Å². The van der Waals surface area contributed by atoms with Gasteiger partial charge in [-0.3, -0.25) is 0 Å². The molecule has 4 atom stereocenters. The van der Waals surface area contributed by atoms with Crippen LogP contribution in [0, 0.1) is 35.5 Å². The van der Waals surface area contributed by atoms with Gasteiger partial charge >= 0.3 is 0 Å². The SMILES string of the molecule is C#CC[C@]([13C]#CC1=C[C@@H](O[Si](C)(C)C(C)(C)C)C[C@@]1(C#N)O[Si](C)(C)C(C)(C)C)(O[Si](C)(C)C(C)(C)C)[C@H]1COC(C)(C)O1. The highest BCUT2D eigenvalue weighted by Crippen LogP contribution is 2.47. The van der Waals surface area contributed by atoms with E-state index in [9.17, 15) is 5.26 Å². The summed E-state index contributed by atoms with van der Waals surface area (Å²) in [4.78, 5) is 0. The van der Waals surface area contributed by atoms with Crippen LogP contribution in [-0.4, -0.2) is 60.8 Å². The van der Waals surface area contributed by atoms with Crippen molar-refractivity contribution in [1.82, 2.24) is 0 Å². The lowest BCUT2D eigenvalue weighted by Crippen LogP contribution is -2.55. The minimum absolute atomic E-state index is 0.0104. The van der Waals surface area contributed by atoms with Gasteiger partial charge in [0.2, 0.25) is 0 Å². The molecule has 6 nitrogen and oxygen atoms in total. The molecule has 0 aromatic rings. The first-order chi connectivity index (χ1) is 19.5. The Morgan fingerprint density at radius 1 is 0.909 bits per heavy atom. The summed E-state index contributed by atoms with van der Waals surface area (Å²) in [7, 11) is -6.97. The van der Waals surface area contributed by atoms with Gasteiger partial charge in [-0.1, -0.05) is 74.2 Å². The Labute approximate surface area is 273 Å². The highest BCUT2D eigenvalue weighted by Gasteiger charge is 2.54. The van der Waals surface area contributed by atoms with Crippen LogP contribution < -0.4 is 0 Å². The zero-order chi connectivity index (χ0) is 34.4. The predicted molar refractivity (Wildman–Crippen MR) is 189 cm³/mol. The van der Waals surface area contributed by atoms with Crippen LogP contribution in [0.3, 0.4) is 0 Å². The average molecular weight is 661 g/mol. The van der Waals surface area contributed by atoms with E-state index in [-0.39, 0.29) is 27.6 Å². The molecule has 0 aromatic heterocycles. The van der Waals surface area contributed by atoms with E-state index in [1.165, 1.54) is 0 Å². The molecule has 44 heavy (non-hydrogen) atoms. The van der Waals surface area contributed by atoms with Crippen LogP contribution in [0.15, 0.2) is 11.6 Å². The standard InChI is InChI=1S/C35H61NO5Si3/c1-19-21-34(29-25-37-33(11,12)38-29,40-43(15,16)31(5,6)7)22-20-27-23-28(39-42(13,14)30(2,3)4)24-35(27,26-36)41-44(17,18)32(8,9)10/h1,23,28-29H,21,24-25H2,2-18H3/t28-,29-,34-,35+/m1/s1/i22+1. The molecule has 9 heteroatoms. The van der Waals surface area contributed by atoms with Crippen molar-refractivity contribution in [3.05, 3.63) is 11.6 Å². The molecule has 0 amide bonds. The molecule has 0 aromatic carbocycles. The summed E-state index contributed by atoms with van der Waals surface area (Å²) in [5.74, 6) is 8.99. The lowest BCUT2D eigenvalue weighted by Gasteiger charge is -2.45. The molecule has 0 N–H and O–H groups in total. The van der Waals surface area contributed by atoms with Gasteiger partial charge in [0.25, 0.3) is 0 Å². The quantitative estimate of drug-likeness (QED) is 0.147. The molecule has 0 spiro atoms. The topological polar surface area (TPSA) is 69.9 Å². The fourth-order valence-electron chi connectivity index (χ4n) is 4.58. The minimum atomic E-state index is -2.40. The monoisotopic (exact) mass is 660 g/mol. The number of hydrogen-bond donors (Lipinski definition) is 0. The van der Waals surface area contributed by atoms with Crippen LogP contribution >= 0.6 is 0 Å². The Morgan fingerprint density at radius 3 is 1.84 bits per heavy atom. The van der Waals surface area contributed by atoms with Crippen LogP contribution in [0.25, 0.3) is 0 Å². The summed E-state index contributed by atoms with van der Waals surface area (Å²) in [6.07, 6.45) is 7.86. The second kappa shape index (κ2) is 12.4. The van der Waals surface area contributed by atoms with Crippen molar-refractivity contribution in [3.8, 4) is 30.3 Å². The molecule has 1 aliphatic carbocycles. The van der Waals surface area contributed by atoms with Gasteiger partial charge in [-0.05, 0) is 74.3 Å². The molecular formula is C35H61NO5Si3. The van der Waals surface area contributed by atoms with Gasteiger partial charge in [0.05, 0.1) is 19.1 Å². The first-order valence-electron chi connectivity index (χ1n) is 16.0. The normalized spacial score (nSPS) is 26.2. The van der Waals surface area contributed by atoms with Crippen LogP contribution in [0.5, 0.6) is 0 Å². The summed E-state index contributed by atoms with van der Waals surface area (Å²) >= 11 is 0. The molecule has 1 fully saturated rings. The molecule has 1 aliphatic heterocycles. The van der Waals surface area contributed by atoms with Gasteiger partial charge < -0.3 is 22.8 Å². The van der Waals surface area contributed by atoms with Gasteiger partial charge in [0.15, 0.2) is 41.9 Å². The molecular weight excluding hydrogens is 600 g/mol. The molecule has 0 bridgehead atoms. The number of terminal acetylenes is 1. The van der Waals surface area contributed by atoms with E-state index in [0.717, 1.165) is 0 Å². The second-order valence-corrected chi connectivity index (χ2v) is 31.9. The van der Waals surface area contributed by atoms with Gasteiger partial charge in [-0.15, -0.1) is 12.3 Å². The first kappa shape index (κ1) is 39.0. The van der Waals surface area contributed by atoms with E-state index in [4.69, 9.17) is 29.2 Å². The van der Waals surface area contributed by atoms with E-state index in [1.54, 1.807) is 0 Å². The molecule has 0 saturated carbocycles. The van der Waals surface area contributed by atoms with Crippen LogP contribution in [0.1, 0.15) is 89.0 Å². The average Bonchev–Trinajstić information content (AvgIpc) is 3.34. The van der Waals surface area contributed by atoms with Gasteiger partial charge in [0, 0.05) is 12.0 Å². The Balaban J connectivity index is 2.82. The maximum absolute atomic E-state index is 10.9. The lowest BCUT2D eigenvalue weighted by atomic mass is 9.97. The molecule has 1 heterocycles. The molecule has 0 radical (unpaired) electrons. The molecule has 2 aliphatic rings. The smallest absolute Gasteiger partial charge is 0.194 e. The zero-order valence-electron chi connectivity index (χ0n) is 30.9. The van der Waals surface area contributed by atoms with Crippen LogP contribution in [-0.2, 0) is 22.8 Å². The Bertz CT molecular complexity index is 1240. The van der Waals surface area contributed by atoms with Crippen molar-refractivity contribution >= 4 is 25.0 Å². The lowest BCUT2D eigenvalue weighted by molar-refractivity contribution is -0.157. The third kappa shape index (κ3) is 8.38. The molecule has 1 saturated heterocycles. The summed E-state index contributed by atoms with van der Waals surface area (Å²) in [5, 5.41) is 10.7. The number of nitriles is 1. The Hall–Kier alpha value is -1.20. The van der Waals surface area contributed by atoms with Crippen molar-refractivity contribution in [1.29, 1.82) is 5.26 Å². The third-order valence-electron chi connectivity index (χ3n) is 10.5. The van der Waals surface area contributed by atoms with Crippen molar-refractivity contribution in [2.75, 3.05) is 6.61 Å². The molecule has 248 valence electrons. The molecule has 2 rings (SSSR count). The Kier molecular flexibility index (Phi) is 11.0. The van der Waals surface area contributed by atoms with Crippen LogP contribution in [0.2, 0.25) is 54.4 Å². The number of ether oxygens (including phenoxy) is 2. The predicted octanol–water partition coefficient (Wildman–Crippen LogP) is 8.93. The zero-order valence-corrected chi connectivity index (χ0v) is 33.9. The summed E-state index contributed by atoms with van der Waals surface area (Å²) in [6, 6.07) is 2.58. The van der Waals surface area contributed by atoms with Crippen molar-refractivity contribution in [2.24, 2.45) is 0 Å². The maximum atomic E-state index is 10.9. The van der Waals surface area contributed by atoms with E-state index >= 15 is 0 Å². The van der Waals surface area contributed by atoms with Crippen molar-refractivity contribution < 1.29 is 22.8 Å². The van der Waals surface area contributed by atoms with E-state index < -0.39 is 48.0 Å². The van der Waals surface area contributed by atoms with E-state index in [2.05, 4.69) is 125 Å². The van der Waals surface area contributed by atoms with E-state index in [1.807, 2.05) is 19.9 Å². The van der Waals surface area contributed by atoms with Crippen molar-refractivity contribution in [2.45, 2.75) is 173 Å². The summed E-state index contributed by atoms with van der Waals surface area (Å²) in [6.45, 7) is 37.1. The first-order valence-corrected chi connectivity index (χ1v) is 24.7. The minimum Gasteiger partial charge on any atom is -0.410 e. The van der Waals surface area contributed by atoms with Gasteiger partial charge in [-0.2, -0.15) is 5.26 Å². The highest BCUT2D eigenvalue weighted by molar-refractivity contribution is 6.75. The Morgan fingerprint density at radius 2 is 1.43 bits per heavy atom. The second-order valence-electron chi connectivity index (χ2n) is 17.7. The number of nitrogens with zero attached hydrogens (tertiary/aromatic N) is 1. The number of hydrogen-bond acceptors (Lipinski definition) is 6. The summed E-state index contributed by atoms with van der Waals surface area (Å²) in [5.41, 5.74) is -1.76. The number of rotatable bonds is 8. The maximum Gasteiger partial charge on any atom is 0.194 e. The highest BCUT2D eigenvalue weighted by atomic mass is 28.4. The fraction of sp³-hybridized carbons (Fsp3) is 0.800. The van der Waals surface area contributed by atoms with Crippen molar-refractivity contribution in [3.63, 3.8) is 0 Å². The van der Waals surface area contributed by atoms with Gasteiger partial charge in [0.1, 0.15) is 12.2 Å². The summed E-state index contributed by atoms with van der Waals surface area (Å²) < 4.78 is 33.4. The van der Waals surface area contributed by atoms with Crippen LogP contribution in [0.4, 0.5) is 0 Å². The largest absolute Gasteiger partial charge is 0.410 e. The van der Waals surface area contributed by atoms with Gasteiger partial charge in [-0.25, -0.2) is 0 Å². The third-order valence-corrected chi connectivity index (χ3v) is 24.0. The molecule has 0 unspecified atom stereocenters. The fourth-order valence-corrected chi connectivity index (χ4v) is 8.73.